The number of halogens is 1. The second-order valence-electron chi connectivity index (χ2n) is 7.08. The van der Waals surface area contributed by atoms with Crippen LogP contribution in [0.2, 0.25) is 5.02 Å². The number of fused-ring (bicyclic) bond motifs is 1. The number of rotatable bonds is 3. The minimum Gasteiger partial charge on any atom is -0.310 e. The fourth-order valence-corrected chi connectivity index (χ4v) is 4.31. The first kappa shape index (κ1) is 18.2. The zero-order valence-corrected chi connectivity index (χ0v) is 16.2. The number of carbonyl (C=O) groups is 1. The largest absolute Gasteiger partial charge is 0.310 e. The van der Waals surface area contributed by atoms with E-state index in [2.05, 4.69) is 9.88 Å². The van der Waals surface area contributed by atoms with Gasteiger partial charge in [0.1, 0.15) is 0 Å². The van der Waals surface area contributed by atoms with E-state index in [1.165, 1.54) is 0 Å². The zero-order valence-electron chi connectivity index (χ0n) is 15.4. The van der Waals surface area contributed by atoms with Gasteiger partial charge in [-0.15, -0.1) is 0 Å². The van der Waals surface area contributed by atoms with Crippen LogP contribution < -0.4 is 10.5 Å². The third-order valence-electron chi connectivity index (χ3n) is 5.56. The summed E-state index contributed by atoms with van der Waals surface area (Å²) in [7, 11) is 0. The molecule has 0 bridgehead atoms. The Morgan fingerprint density at radius 1 is 1.22 bits per heavy atom. The van der Waals surface area contributed by atoms with E-state index in [-0.39, 0.29) is 17.5 Å². The van der Waals surface area contributed by atoms with Crippen molar-refractivity contribution >= 4 is 23.2 Å². The van der Waals surface area contributed by atoms with Gasteiger partial charge in [-0.05, 0) is 38.3 Å². The lowest BCUT2D eigenvalue weighted by Gasteiger charge is -2.40. The number of carbonyl (C=O) groups excluding carboxylic acids is 1. The molecule has 2 aromatic rings. The van der Waals surface area contributed by atoms with Gasteiger partial charge in [0, 0.05) is 31.7 Å². The summed E-state index contributed by atoms with van der Waals surface area (Å²) >= 11 is 6.31. The molecule has 0 saturated carbocycles. The van der Waals surface area contributed by atoms with E-state index in [0.29, 0.717) is 37.6 Å². The summed E-state index contributed by atoms with van der Waals surface area (Å²) < 4.78 is 1.64. The van der Waals surface area contributed by atoms with Crippen LogP contribution in [0.15, 0.2) is 35.4 Å². The van der Waals surface area contributed by atoms with Gasteiger partial charge in [-0.1, -0.05) is 23.7 Å². The highest BCUT2D eigenvalue weighted by molar-refractivity contribution is 6.33. The van der Waals surface area contributed by atoms with Gasteiger partial charge in [0.25, 0.3) is 5.56 Å². The molecule has 27 heavy (non-hydrogen) atoms. The standard InChI is InChI=1S/C20H23ClN4O2/c1-2-23-13-22-16-12-24(11-9-14(16)19(23)26)18-8-5-10-25(20(18)27)17-7-4-3-6-15(17)21/h3-4,6-7,13,18H,2,5,8-12H2,1H3. The predicted octanol–water partition coefficient (Wildman–Crippen LogP) is 2.47. The van der Waals surface area contributed by atoms with Crippen LogP contribution in [-0.2, 0) is 24.3 Å². The molecule has 2 aliphatic rings. The van der Waals surface area contributed by atoms with Crippen LogP contribution in [0.1, 0.15) is 31.0 Å². The highest BCUT2D eigenvalue weighted by Gasteiger charge is 2.36. The summed E-state index contributed by atoms with van der Waals surface area (Å²) in [6.07, 6.45) is 4.00. The lowest BCUT2D eigenvalue weighted by Crippen LogP contribution is -2.54. The molecule has 1 unspecified atom stereocenters. The highest BCUT2D eigenvalue weighted by atomic mass is 35.5. The zero-order chi connectivity index (χ0) is 19.0. The predicted molar refractivity (Wildman–Crippen MR) is 105 cm³/mol. The van der Waals surface area contributed by atoms with Gasteiger partial charge in [-0.2, -0.15) is 0 Å². The molecule has 2 aliphatic heterocycles. The molecule has 0 spiro atoms. The summed E-state index contributed by atoms with van der Waals surface area (Å²) in [6.45, 7) is 4.49. The van der Waals surface area contributed by atoms with Crippen molar-refractivity contribution in [1.29, 1.82) is 0 Å². The van der Waals surface area contributed by atoms with E-state index in [4.69, 9.17) is 11.6 Å². The number of hydrogen-bond donors (Lipinski definition) is 0. The SMILES string of the molecule is CCn1cnc2c(c1=O)CCN(C1CCCN(c3ccccc3Cl)C1=O)C2. The van der Waals surface area contributed by atoms with Gasteiger partial charge in [0.2, 0.25) is 5.91 Å². The molecule has 4 rings (SSSR count). The lowest BCUT2D eigenvalue weighted by atomic mass is 9.98. The van der Waals surface area contributed by atoms with Gasteiger partial charge in [-0.25, -0.2) is 4.98 Å². The molecule has 1 aromatic carbocycles. The van der Waals surface area contributed by atoms with Crippen molar-refractivity contribution in [2.24, 2.45) is 0 Å². The third-order valence-corrected chi connectivity index (χ3v) is 5.88. The molecule has 1 saturated heterocycles. The molecular weight excluding hydrogens is 364 g/mol. The summed E-state index contributed by atoms with van der Waals surface area (Å²) in [5.41, 5.74) is 2.42. The van der Waals surface area contributed by atoms with Crippen LogP contribution in [0.3, 0.4) is 0 Å². The maximum Gasteiger partial charge on any atom is 0.256 e. The minimum atomic E-state index is -0.196. The average molecular weight is 387 g/mol. The maximum atomic E-state index is 13.2. The Balaban J connectivity index is 1.57. The van der Waals surface area contributed by atoms with Crippen LogP contribution in [0.5, 0.6) is 0 Å². The van der Waals surface area contributed by atoms with Crippen molar-refractivity contribution in [3.05, 3.63) is 57.2 Å². The number of anilines is 1. The van der Waals surface area contributed by atoms with Crippen LogP contribution in [0, 0.1) is 0 Å². The number of aryl methyl sites for hydroxylation is 1. The van der Waals surface area contributed by atoms with Crippen LogP contribution in [-0.4, -0.2) is 39.5 Å². The number of hydrogen-bond acceptors (Lipinski definition) is 4. The Morgan fingerprint density at radius 3 is 2.81 bits per heavy atom. The number of aromatic nitrogens is 2. The van der Waals surface area contributed by atoms with Crippen molar-refractivity contribution < 1.29 is 4.79 Å². The molecule has 6 nitrogen and oxygen atoms in total. The van der Waals surface area contributed by atoms with Crippen molar-refractivity contribution in [2.75, 3.05) is 18.0 Å². The topological polar surface area (TPSA) is 58.4 Å². The van der Waals surface area contributed by atoms with E-state index in [1.54, 1.807) is 15.8 Å². The van der Waals surface area contributed by atoms with Crippen molar-refractivity contribution in [3.8, 4) is 0 Å². The highest BCUT2D eigenvalue weighted by Crippen LogP contribution is 2.31. The first-order valence-electron chi connectivity index (χ1n) is 9.47. The fourth-order valence-electron chi connectivity index (χ4n) is 4.08. The minimum absolute atomic E-state index is 0.0508. The van der Waals surface area contributed by atoms with Crippen molar-refractivity contribution in [3.63, 3.8) is 0 Å². The Hall–Kier alpha value is -2.18. The fraction of sp³-hybridized carbons (Fsp3) is 0.450. The van der Waals surface area contributed by atoms with Crippen LogP contribution >= 0.6 is 11.6 Å². The molecule has 1 fully saturated rings. The van der Waals surface area contributed by atoms with Gasteiger partial charge >= 0.3 is 0 Å². The monoisotopic (exact) mass is 386 g/mol. The van der Waals surface area contributed by atoms with E-state index in [9.17, 15) is 9.59 Å². The van der Waals surface area contributed by atoms with Crippen LogP contribution in [0.25, 0.3) is 0 Å². The molecule has 7 heteroatoms. The quantitative estimate of drug-likeness (QED) is 0.813. The summed E-state index contributed by atoms with van der Waals surface area (Å²) in [5.74, 6) is 0.0831. The molecule has 0 aliphatic carbocycles. The van der Waals surface area contributed by atoms with E-state index < -0.39 is 0 Å². The Kier molecular flexibility index (Phi) is 5.02. The molecule has 1 amide bonds. The smallest absolute Gasteiger partial charge is 0.256 e. The molecule has 3 heterocycles. The first-order valence-corrected chi connectivity index (χ1v) is 9.85. The number of benzene rings is 1. The summed E-state index contributed by atoms with van der Waals surface area (Å²) in [5, 5.41) is 0.595. The Bertz CT molecular complexity index is 926. The van der Waals surface area contributed by atoms with Crippen molar-refractivity contribution in [1.82, 2.24) is 14.5 Å². The molecule has 1 atom stereocenters. The van der Waals surface area contributed by atoms with Gasteiger partial charge in [0.05, 0.1) is 28.8 Å². The molecular formula is C20H23ClN4O2. The third kappa shape index (κ3) is 3.28. The average Bonchev–Trinajstić information content (AvgIpc) is 2.69. The van der Waals surface area contributed by atoms with Crippen molar-refractivity contribution in [2.45, 2.75) is 45.3 Å². The molecule has 142 valence electrons. The first-order chi connectivity index (χ1) is 13.1. The van der Waals surface area contributed by atoms with Gasteiger partial charge < -0.3 is 4.90 Å². The Morgan fingerprint density at radius 2 is 2.04 bits per heavy atom. The molecule has 0 radical (unpaired) electrons. The second-order valence-corrected chi connectivity index (χ2v) is 7.49. The number of amides is 1. The normalized spacial score (nSPS) is 20.6. The van der Waals surface area contributed by atoms with E-state index >= 15 is 0 Å². The number of para-hydroxylation sites is 1. The van der Waals surface area contributed by atoms with E-state index in [1.807, 2.05) is 31.2 Å². The summed E-state index contributed by atoms with van der Waals surface area (Å²) in [4.78, 5) is 34.1. The maximum absolute atomic E-state index is 13.2. The second kappa shape index (κ2) is 7.44. The number of nitrogens with zero attached hydrogens (tertiary/aromatic N) is 4. The number of piperidine rings is 1. The molecule has 1 aromatic heterocycles. The lowest BCUT2D eigenvalue weighted by molar-refractivity contribution is -0.125. The molecule has 0 N–H and O–H groups in total. The van der Waals surface area contributed by atoms with Gasteiger partial charge in [0.15, 0.2) is 0 Å². The summed E-state index contributed by atoms with van der Waals surface area (Å²) in [6, 6.07) is 7.28. The Labute approximate surface area is 163 Å². The van der Waals surface area contributed by atoms with Gasteiger partial charge in [-0.3, -0.25) is 19.1 Å². The van der Waals surface area contributed by atoms with E-state index in [0.717, 1.165) is 29.8 Å². The van der Waals surface area contributed by atoms with Crippen LogP contribution in [0.4, 0.5) is 5.69 Å².